The first-order valence-electron chi connectivity index (χ1n) is 4.02. The summed E-state index contributed by atoms with van der Waals surface area (Å²) in [6.07, 6.45) is 3.28. The summed E-state index contributed by atoms with van der Waals surface area (Å²) in [5, 5.41) is 17.0. The third-order valence-electron chi connectivity index (χ3n) is 1.61. The van der Waals surface area contributed by atoms with Gasteiger partial charge in [-0.2, -0.15) is 10.2 Å². The molecule has 4 nitrogen and oxygen atoms in total. The van der Waals surface area contributed by atoms with Gasteiger partial charge in [0, 0.05) is 5.56 Å². The quantitative estimate of drug-likeness (QED) is 0.738. The van der Waals surface area contributed by atoms with Gasteiger partial charge in [-0.05, 0) is 13.0 Å². The highest BCUT2D eigenvalue weighted by Gasteiger charge is 2.10. The maximum Gasteiger partial charge on any atom is 0.149 e. The lowest BCUT2D eigenvalue weighted by Crippen LogP contribution is -1.82. The third kappa shape index (κ3) is 1.88. The van der Waals surface area contributed by atoms with E-state index in [-0.39, 0.29) is 5.38 Å². The minimum atomic E-state index is -0.101. The lowest BCUT2D eigenvalue weighted by molar-refractivity contribution is 0.960. The fourth-order valence-corrected chi connectivity index (χ4v) is 1.87. The molecule has 0 radical (unpaired) electrons. The molecule has 0 aliphatic rings. The summed E-state index contributed by atoms with van der Waals surface area (Å²) in [6, 6.07) is 1.84. The van der Waals surface area contributed by atoms with Gasteiger partial charge >= 0.3 is 0 Å². The minimum absolute atomic E-state index is 0.101. The zero-order valence-electron chi connectivity index (χ0n) is 7.38. The Labute approximate surface area is 90.0 Å². The van der Waals surface area contributed by atoms with Gasteiger partial charge in [0.15, 0.2) is 0 Å². The molecule has 0 aliphatic heterocycles. The van der Waals surface area contributed by atoms with Crippen molar-refractivity contribution in [2.45, 2.75) is 12.3 Å². The highest BCUT2D eigenvalue weighted by Crippen LogP contribution is 2.28. The monoisotopic (exact) mass is 226 g/mol. The molecular weight excluding hydrogens is 220 g/mol. The van der Waals surface area contributed by atoms with E-state index in [0.717, 1.165) is 15.6 Å². The molecule has 2 aromatic rings. The molecule has 0 aliphatic carbocycles. The fourth-order valence-electron chi connectivity index (χ4n) is 0.929. The Morgan fingerprint density at radius 3 is 2.79 bits per heavy atom. The van der Waals surface area contributed by atoms with E-state index in [4.69, 9.17) is 11.6 Å². The topological polar surface area (TPSA) is 51.6 Å². The Morgan fingerprint density at radius 2 is 2.21 bits per heavy atom. The van der Waals surface area contributed by atoms with Gasteiger partial charge in [0.05, 0.1) is 17.8 Å². The molecular formula is C8H7ClN4S. The number of hydrogen-bond acceptors (Lipinski definition) is 5. The van der Waals surface area contributed by atoms with Crippen molar-refractivity contribution in [2.24, 2.45) is 0 Å². The van der Waals surface area contributed by atoms with Crippen LogP contribution in [0.2, 0.25) is 0 Å². The highest BCUT2D eigenvalue weighted by molar-refractivity contribution is 7.15. The van der Waals surface area contributed by atoms with Crippen molar-refractivity contribution in [3.63, 3.8) is 0 Å². The van der Waals surface area contributed by atoms with Crippen LogP contribution in [0, 0.1) is 0 Å². The average Bonchev–Trinajstić information content (AvgIpc) is 2.68. The van der Waals surface area contributed by atoms with Gasteiger partial charge in [-0.1, -0.05) is 11.3 Å². The van der Waals surface area contributed by atoms with Gasteiger partial charge in [0.2, 0.25) is 0 Å². The lowest BCUT2D eigenvalue weighted by Gasteiger charge is -1.92. The second-order valence-electron chi connectivity index (χ2n) is 2.69. The number of hydrogen-bond donors (Lipinski definition) is 0. The standard InChI is InChI=1S/C8H7ClN4S/c1-5(9)7-12-13-8(14-7)6-2-3-10-11-4-6/h2-5H,1H3. The van der Waals surface area contributed by atoms with Crippen LogP contribution >= 0.6 is 22.9 Å². The Kier molecular flexibility index (Phi) is 2.69. The van der Waals surface area contributed by atoms with Gasteiger partial charge in [0.25, 0.3) is 0 Å². The maximum atomic E-state index is 5.88. The summed E-state index contributed by atoms with van der Waals surface area (Å²) in [5.41, 5.74) is 0.918. The first kappa shape index (κ1) is 9.48. The normalized spacial score (nSPS) is 12.7. The maximum absolute atomic E-state index is 5.88. The van der Waals surface area contributed by atoms with E-state index in [1.165, 1.54) is 11.3 Å². The SMILES string of the molecule is CC(Cl)c1nnc(-c2ccnnc2)s1. The second-order valence-corrected chi connectivity index (χ2v) is 4.36. The number of nitrogens with zero attached hydrogens (tertiary/aromatic N) is 4. The van der Waals surface area contributed by atoms with Crippen molar-refractivity contribution in [1.29, 1.82) is 0 Å². The van der Waals surface area contributed by atoms with E-state index in [1.54, 1.807) is 12.4 Å². The molecule has 1 unspecified atom stereocenters. The van der Waals surface area contributed by atoms with Crippen LogP contribution in [0.5, 0.6) is 0 Å². The molecule has 0 fully saturated rings. The van der Waals surface area contributed by atoms with Gasteiger partial charge in [-0.15, -0.1) is 21.8 Å². The van der Waals surface area contributed by atoms with Crippen LogP contribution in [-0.4, -0.2) is 20.4 Å². The summed E-state index contributed by atoms with van der Waals surface area (Å²) in [7, 11) is 0. The van der Waals surface area contributed by atoms with Gasteiger partial charge < -0.3 is 0 Å². The Balaban J connectivity index is 2.34. The Bertz CT molecular complexity index is 414. The molecule has 14 heavy (non-hydrogen) atoms. The first-order valence-corrected chi connectivity index (χ1v) is 5.27. The highest BCUT2D eigenvalue weighted by atomic mass is 35.5. The predicted molar refractivity (Wildman–Crippen MR) is 55.2 cm³/mol. The number of halogens is 1. The Morgan fingerprint density at radius 1 is 1.36 bits per heavy atom. The van der Waals surface area contributed by atoms with E-state index < -0.39 is 0 Å². The van der Waals surface area contributed by atoms with Crippen LogP contribution < -0.4 is 0 Å². The molecule has 0 aromatic carbocycles. The molecule has 2 heterocycles. The average molecular weight is 227 g/mol. The van der Waals surface area contributed by atoms with Crippen LogP contribution in [0.15, 0.2) is 18.5 Å². The molecule has 6 heteroatoms. The molecule has 1 atom stereocenters. The van der Waals surface area contributed by atoms with Crippen molar-refractivity contribution in [2.75, 3.05) is 0 Å². The molecule has 0 spiro atoms. The third-order valence-corrected chi connectivity index (χ3v) is 3.10. The van der Waals surface area contributed by atoms with Crippen molar-refractivity contribution in [1.82, 2.24) is 20.4 Å². The van der Waals surface area contributed by atoms with Crippen molar-refractivity contribution in [3.8, 4) is 10.6 Å². The summed E-state index contributed by atoms with van der Waals surface area (Å²) in [4.78, 5) is 0. The smallest absolute Gasteiger partial charge is 0.149 e. The molecule has 2 rings (SSSR count). The molecule has 0 amide bonds. The summed E-state index contributed by atoms with van der Waals surface area (Å²) in [6.45, 7) is 1.87. The molecule has 0 N–H and O–H groups in total. The van der Waals surface area contributed by atoms with Gasteiger partial charge in [-0.3, -0.25) is 0 Å². The van der Waals surface area contributed by atoms with E-state index in [2.05, 4.69) is 20.4 Å². The van der Waals surface area contributed by atoms with Crippen LogP contribution in [0.25, 0.3) is 10.6 Å². The van der Waals surface area contributed by atoms with E-state index >= 15 is 0 Å². The molecule has 0 bridgehead atoms. The summed E-state index contributed by atoms with van der Waals surface area (Å²) < 4.78 is 0. The van der Waals surface area contributed by atoms with Crippen LogP contribution in [-0.2, 0) is 0 Å². The van der Waals surface area contributed by atoms with E-state index in [1.807, 2.05) is 13.0 Å². The largest absolute Gasteiger partial charge is 0.159 e. The lowest BCUT2D eigenvalue weighted by atomic mass is 10.3. The van der Waals surface area contributed by atoms with Crippen molar-refractivity contribution >= 4 is 22.9 Å². The number of aromatic nitrogens is 4. The predicted octanol–water partition coefficient (Wildman–Crippen LogP) is 2.29. The summed E-state index contributed by atoms with van der Waals surface area (Å²) >= 11 is 7.36. The van der Waals surface area contributed by atoms with Crippen LogP contribution in [0.1, 0.15) is 17.3 Å². The second kappa shape index (κ2) is 3.98. The van der Waals surface area contributed by atoms with Gasteiger partial charge in [0.1, 0.15) is 10.0 Å². The minimum Gasteiger partial charge on any atom is -0.159 e. The zero-order chi connectivity index (χ0) is 9.97. The molecule has 0 saturated heterocycles. The molecule has 72 valence electrons. The van der Waals surface area contributed by atoms with E-state index in [9.17, 15) is 0 Å². The number of rotatable bonds is 2. The first-order chi connectivity index (χ1) is 6.77. The Hall–Kier alpha value is -1.07. The van der Waals surface area contributed by atoms with Crippen LogP contribution in [0.4, 0.5) is 0 Å². The molecule has 2 aromatic heterocycles. The van der Waals surface area contributed by atoms with Crippen LogP contribution in [0.3, 0.4) is 0 Å². The van der Waals surface area contributed by atoms with Gasteiger partial charge in [-0.25, -0.2) is 0 Å². The molecule has 0 saturated carbocycles. The van der Waals surface area contributed by atoms with E-state index in [0.29, 0.717) is 0 Å². The number of alkyl halides is 1. The summed E-state index contributed by atoms with van der Waals surface area (Å²) in [5.74, 6) is 0. The zero-order valence-corrected chi connectivity index (χ0v) is 8.96. The fraction of sp³-hybridized carbons (Fsp3) is 0.250. The van der Waals surface area contributed by atoms with Crippen molar-refractivity contribution in [3.05, 3.63) is 23.5 Å². The van der Waals surface area contributed by atoms with Crippen molar-refractivity contribution < 1.29 is 0 Å².